The summed E-state index contributed by atoms with van der Waals surface area (Å²) in [6.07, 6.45) is 0. The van der Waals surface area contributed by atoms with E-state index in [4.69, 9.17) is 10.4 Å². The zero-order valence-electron chi connectivity index (χ0n) is 11.6. The lowest BCUT2D eigenvalue weighted by Gasteiger charge is -2.02. The molecule has 0 aliphatic carbocycles. The summed E-state index contributed by atoms with van der Waals surface area (Å²) in [6, 6.07) is 19.9. The van der Waals surface area contributed by atoms with Gasteiger partial charge >= 0.3 is 0 Å². The number of nitrogens with zero attached hydrogens (tertiary/aromatic N) is 1. The van der Waals surface area contributed by atoms with Crippen LogP contribution in [0.15, 0.2) is 60.7 Å². The average molecular weight is 277 g/mol. The largest absolute Gasteiger partial charge is 0.508 e. The molecule has 0 aliphatic heterocycles. The summed E-state index contributed by atoms with van der Waals surface area (Å²) >= 11 is 0. The Bertz CT molecular complexity index is 804. The van der Waals surface area contributed by atoms with Crippen LogP contribution in [-0.2, 0) is 0 Å². The predicted molar refractivity (Wildman–Crippen MR) is 83.2 cm³/mol. The molecular weight excluding hydrogens is 262 g/mol. The molecule has 3 heteroatoms. The maximum absolute atomic E-state index is 9.66. The van der Waals surface area contributed by atoms with Gasteiger partial charge < -0.3 is 10.2 Å². The summed E-state index contributed by atoms with van der Waals surface area (Å²) < 4.78 is 0. The van der Waals surface area contributed by atoms with E-state index in [9.17, 15) is 5.11 Å². The maximum atomic E-state index is 9.66. The molecular formula is C18H15NO2. The molecule has 0 radical (unpaired) electrons. The van der Waals surface area contributed by atoms with Gasteiger partial charge in [-0.15, -0.1) is 0 Å². The van der Waals surface area contributed by atoms with Crippen molar-refractivity contribution in [3.05, 3.63) is 71.8 Å². The van der Waals surface area contributed by atoms with Crippen molar-refractivity contribution < 1.29 is 10.2 Å². The van der Waals surface area contributed by atoms with Crippen LogP contribution in [0.4, 0.5) is 0 Å². The van der Waals surface area contributed by atoms with E-state index in [1.165, 1.54) is 12.1 Å². The number of hydrogen-bond acceptors (Lipinski definition) is 3. The molecule has 3 nitrogen and oxygen atoms in total. The van der Waals surface area contributed by atoms with Gasteiger partial charge in [0.15, 0.2) is 0 Å². The molecule has 0 saturated heterocycles. The molecule has 0 aromatic heterocycles. The summed E-state index contributed by atoms with van der Waals surface area (Å²) in [5, 5.41) is 28.8. The van der Waals surface area contributed by atoms with Crippen molar-refractivity contribution in [2.24, 2.45) is 0 Å². The molecule has 0 aliphatic rings. The molecule has 21 heavy (non-hydrogen) atoms. The lowest BCUT2D eigenvalue weighted by Crippen LogP contribution is -1.77. The smallest absolute Gasteiger partial charge is 0.126 e. The van der Waals surface area contributed by atoms with E-state index in [2.05, 4.69) is 0 Å². The van der Waals surface area contributed by atoms with Gasteiger partial charge in [0.2, 0.25) is 0 Å². The fourth-order valence-electron chi connectivity index (χ4n) is 1.94. The van der Waals surface area contributed by atoms with E-state index in [1.807, 2.05) is 49.4 Å². The molecule has 0 fully saturated rings. The molecule has 0 unspecified atom stereocenters. The number of nitriles is 1. The minimum atomic E-state index is 0.133. The zero-order valence-corrected chi connectivity index (χ0v) is 11.6. The fraction of sp³-hybridized carbons (Fsp3) is 0.0556. The number of rotatable bonds is 0. The van der Waals surface area contributed by atoms with Crippen LogP contribution < -0.4 is 0 Å². The summed E-state index contributed by atoms with van der Waals surface area (Å²) in [6.45, 7) is 1.90. The minimum absolute atomic E-state index is 0.133. The topological polar surface area (TPSA) is 64.2 Å². The third kappa shape index (κ3) is 3.52. The first-order chi connectivity index (χ1) is 10.1. The molecule has 0 heterocycles. The molecule has 0 saturated carbocycles. The van der Waals surface area contributed by atoms with Gasteiger partial charge in [0.1, 0.15) is 11.5 Å². The predicted octanol–water partition coefficient (Wildman–Crippen LogP) is 4.12. The lowest BCUT2D eigenvalue weighted by atomic mass is 10.1. The summed E-state index contributed by atoms with van der Waals surface area (Å²) in [5.41, 5.74) is 1.41. The Morgan fingerprint density at radius 1 is 0.905 bits per heavy atom. The van der Waals surface area contributed by atoms with Crippen molar-refractivity contribution >= 4 is 10.8 Å². The van der Waals surface area contributed by atoms with Gasteiger partial charge in [-0.05, 0) is 36.1 Å². The highest BCUT2D eigenvalue weighted by atomic mass is 16.3. The van der Waals surface area contributed by atoms with Crippen molar-refractivity contribution in [3.8, 4) is 17.6 Å². The minimum Gasteiger partial charge on any atom is -0.508 e. The van der Waals surface area contributed by atoms with Crippen LogP contribution >= 0.6 is 0 Å². The van der Waals surface area contributed by atoms with E-state index in [0.29, 0.717) is 11.3 Å². The van der Waals surface area contributed by atoms with E-state index in [1.54, 1.807) is 12.1 Å². The second kappa shape index (κ2) is 6.44. The Kier molecular flexibility index (Phi) is 4.43. The van der Waals surface area contributed by atoms with Crippen molar-refractivity contribution in [2.45, 2.75) is 6.92 Å². The molecule has 3 aromatic rings. The van der Waals surface area contributed by atoms with Crippen molar-refractivity contribution in [3.63, 3.8) is 0 Å². The number of aryl methyl sites for hydroxylation is 1. The van der Waals surface area contributed by atoms with Gasteiger partial charge in [0.05, 0.1) is 11.6 Å². The SMILES string of the molecule is Cc1ccc2ccccc2c1O.N#Cc1cccc(O)c1. The molecule has 104 valence electrons. The molecule has 0 amide bonds. The fourth-order valence-corrected chi connectivity index (χ4v) is 1.94. The van der Waals surface area contributed by atoms with Crippen LogP contribution in [0.2, 0.25) is 0 Å². The van der Waals surface area contributed by atoms with E-state index >= 15 is 0 Å². The highest BCUT2D eigenvalue weighted by Crippen LogP contribution is 2.27. The number of phenols is 2. The third-order valence-electron chi connectivity index (χ3n) is 3.08. The molecule has 0 spiro atoms. The number of aromatic hydroxyl groups is 2. The van der Waals surface area contributed by atoms with E-state index < -0.39 is 0 Å². The van der Waals surface area contributed by atoms with Gasteiger partial charge in [-0.2, -0.15) is 5.26 Å². The maximum Gasteiger partial charge on any atom is 0.126 e. The molecule has 3 aromatic carbocycles. The Morgan fingerprint density at radius 3 is 2.33 bits per heavy atom. The lowest BCUT2D eigenvalue weighted by molar-refractivity contribution is 0.475. The van der Waals surface area contributed by atoms with Crippen LogP contribution in [0, 0.1) is 18.3 Å². The Morgan fingerprint density at radius 2 is 1.67 bits per heavy atom. The third-order valence-corrected chi connectivity index (χ3v) is 3.08. The van der Waals surface area contributed by atoms with Crippen molar-refractivity contribution in [1.82, 2.24) is 0 Å². The van der Waals surface area contributed by atoms with Gasteiger partial charge in [-0.1, -0.05) is 42.5 Å². The second-order valence-corrected chi connectivity index (χ2v) is 4.61. The Hall–Kier alpha value is -2.99. The highest BCUT2D eigenvalue weighted by Gasteiger charge is 2.00. The monoisotopic (exact) mass is 277 g/mol. The summed E-state index contributed by atoms with van der Waals surface area (Å²) in [7, 11) is 0. The van der Waals surface area contributed by atoms with Gasteiger partial charge in [-0.25, -0.2) is 0 Å². The number of hydrogen-bond donors (Lipinski definition) is 2. The van der Waals surface area contributed by atoms with Crippen LogP contribution in [0.25, 0.3) is 10.8 Å². The molecule has 0 atom stereocenters. The second-order valence-electron chi connectivity index (χ2n) is 4.61. The van der Waals surface area contributed by atoms with E-state index in [0.717, 1.165) is 16.3 Å². The highest BCUT2D eigenvalue weighted by molar-refractivity contribution is 5.89. The number of phenolic OH excluding ortho intramolecular Hbond substituents is 2. The van der Waals surface area contributed by atoms with E-state index in [-0.39, 0.29) is 5.75 Å². The normalized spacial score (nSPS) is 9.52. The van der Waals surface area contributed by atoms with Crippen LogP contribution in [0.1, 0.15) is 11.1 Å². The van der Waals surface area contributed by atoms with Crippen LogP contribution in [0.5, 0.6) is 11.5 Å². The summed E-state index contributed by atoms with van der Waals surface area (Å²) in [5.74, 6) is 0.530. The number of fused-ring (bicyclic) bond motifs is 1. The first-order valence-electron chi connectivity index (χ1n) is 6.48. The average Bonchev–Trinajstić information content (AvgIpc) is 2.52. The standard InChI is InChI=1S/C11H10O.C7H5NO/c1-8-6-7-9-4-2-3-5-10(9)11(8)12;8-5-6-2-1-3-7(9)4-6/h2-7,12H,1H3;1-4,9H. The molecule has 0 bridgehead atoms. The van der Waals surface area contributed by atoms with Crippen molar-refractivity contribution in [2.75, 3.05) is 0 Å². The van der Waals surface area contributed by atoms with Gasteiger partial charge in [0.25, 0.3) is 0 Å². The van der Waals surface area contributed by atoms with Gasteiger partial charge in [0, 0.05) is 5.39 Å². The summed E-state index contributed by atoms with van der Waals surface area (Å²) in [4.78, 5) is 0. The first-order valence-corrected chi connectivity index (χ1v) is 6.48. The quantitative estimate of drug-likeness (QED) is 0.649. The van der Waals surface area contributed by atoms with Gasteiger partial charge in [-0.3, -0.25) is 0 Å². The Labute approximate surface area is 123 Å². The zero-order chi connectivity index (χ0) is 15.2. The molecule has 2 N–H and O–H groups in total. The first kappa shape index (κ1) is 14.4. The Balaban J connectivity index is 0.000000161. The van der Waals surface area contributed by atoms with Crippen molar-refractivity contribution in [1.29, 1.82) is 5.26 Å². The van der Waals surface area contributed by atoms with Crippen LogP contribution in [0.3, 0.4) is 0 Å². The molecule has 3 rings (SSSR count). The van der Waals surface area contributed by atoms with Crippen LogP contribution in [-0.4, -0.2) is 10.2 Å². The number of benzene rings is 3.